The molecule has 1 aromatic heterocycles. The van der Waals surface area contributed by atoms with Crippen LogP contribution in [0.15, 0.2) is 36.7 Å². The van der Waals surface area contributed by atoms with Gasteiger partial charge in [-0.15, -0.1) is 0 Å². The molecule has 1 saturated carbocycles. The van der Waals surface area contributed by atoms with E-state index in [4.69, 9.17) is 0 Å². The van der Waals surface area contributed by atoms with Crippen LogP contribution in [0.4, 0.5) is 0 Å². The van der Waals surface area contributed by atoms with Crippen molar-refractivity contribution in [3.63, 3.8) is 0 Å². The summed E-state index contributed by atoms with van der Waals surface area (Å²) in [6.07, 6.45) is 12.2. The molecule has 1 aliphatic rings. The van der Waals surface area contributed by atoms with Crippen molar-refractivity contribution < 1.29 is 0 Å². The molecule has 1 fully saturated rings. The summed E-state index contributed by atoms with van der Waals surface area (Å²) in [5.41, 5.74) is 1.32. The summed E-state index contributed by atoms with van der Waals surface area (Å²) in [5, 5.41) is 6.30. The van der Waals surface area contributed by atoms with Crippen LogP contribution in [0.2, 0.25) is 0 Å². The summed E-state index contributed by atoms with van der Waals surface area (Å²) >= 11 is 0. The molecular formula is C17H22N2. The summed E-state index contributed by atoms with van der Waals surface area (Å²) in [5.74, 6) is 0. The maximum absolute atomic E-state index is 4.36. The van der Waals surface area contributed by atoms with E-state index < -0.39 is 0 Å². The molecule has 0 saturated heterocycles. The molecule has 2 heteroatoms. The van der Waals surface area contributed by atoms with Crippen LogP contribution in [0, 0.1) is 0 Å². The molecule has 1 aromatic carbocycles. The molecule has 0 atom stereocenters. The van der Waals surface area contributed by atoms with E-state index in [0.717, 1.165) is 6.54 Å². The van der Waals surface area contributed by atoms with E-state index in [-0.39, 0.29) is 0 Å². The Labute approximate surface area is 115 Å². The number of hydrogen-bond acceptors (Lipinski definition) is 2. The number of nitrogens with one attached hydrogen (secondary N) is 1. The Bertz CT molecular complexity index is 522. The van der Waals surface area contributed by atoms with Crippen molar-refractivity contribution in [3.8, 4) is 0 Å². The summed E-state index contributed by atoms with van der Waals surface area (Å²) in [7, 11) is 0. The molecule has 1 heterocycles. The lowest BCUT2D eigenvalue weighted by Gasteiger charge is -2.16. The van der Waals surface area contributed by atoms with E-state index in [1.165, 1.54) is 54.9 Å². The zero-order valence-electron chi connectivity index (χ0n) is 11.4. The van der Waals surface area contributed by atoms with Gasteiger partial charge in [-0.05, 0) is 23.8 Å². The average molecular weight is 254 g/mol. The number of hydrogen-bond donors (Lipinski definition) is 1. The minimum atomic E-state index is 0.696. The quantitative estimate of drug-likeness (QED) is 0.836. The SMILES string of the molecule is c1ccc2c(CNC3CCCCCC3)cncc2c1. The van der Waals surface area contributed by atoms with Gasteiger partial charge in [-0.25, -0.2) is 0 Å². The van der Waals surface area contributed by atoms with Crippen molar-refractivity contribution in [3.05, 3.63) is 42.2 Å². The van der Waals surface area contributed by atoms with E-state index >= 15 is 0 Å². The minimum absolute atomic E-state index is 0.696. The molecule has 2 aromatic rings. The Morgan fingerprint density at radius 2 is 1.79 bits per heavy atom. The van der Waals surface area contributed by atoms with Gasteiger partial charge in [0.15, 0.2) is 0 Å². The fourth-order valence-corrected chi connectivity index (χ4v) is 3.06. The van der Waals surface area contributed by atoms with Gasteiger partial charge < -0.3 is 5.32 Å². The highest BCUT2D eigenvalue weighted by atomic mass is 14.9. The second-order valence-corrected chi connectivity index (χ2v) is 5.59. The Kier molecular flexibility index (Phi) is 4.09. The van der Waals surface area contributed by atoms with Crippen molar-refractivity contribution >= 4 is 10.8 Å². The average Bonchev–Trinajstić information content (AvgIpc) is 2.74. The van der Waals surface area contributed by atoms with Gasteiger partial charge in [-0.1, -0.05) is 49.9 Å². The lowest BCUT2D eigenvalue weighted by atomic mass is 10.1. The van der Waals surface area contributed by atoms with E-state index in [1.807, 2.05) is 12.4 Å². The standard InChI is InChI=1S/C17H22N2/c1-2-4-9-16(8-3-1)19-13-15-12-18-11-14-7-5-6-10-17(14)15/h5-7,10-12,16,19H,1-4,8-9,13H2. The Hall–Kier alpha value is -1.41. The summed E-state index contributed by atoms with van der Waals surface area (Å²) in [4.78, 5) is 4.36. The largest absolute Gasteiger partial charge is 0.310 e. The Morgan fingerprint density at radius 1 is 1.00 bits per heavy atom. The molecular weight excluding hydrogens is 232 g/mol. The van der Waals surface area contributed by atoms with Crippen molar-refractivity contribution in [2.75, 3.05) is 0 Å². The van der Waals surface area contributed by atoms with Crippen molar-refractivity contribution in [1.29, 1.82) is 0 Å². The first kappa shape index (κ1) is 12.6. The molecule has 0 radical (unpaired) electrons. The number of fused-ring (bicyclic) bond motifs is 1. The van der Waals surface area contributed by atoms with Crippen molar-refractivity contribution in [2.24, 2.45) is 0 Å². The van der Waals surface area contributed by atoms with Gasteiger partial charge in [0.1, 0.15) is 0 Å². The molecule has 0 spiro atoms. The van der Waals surface area contributed by atoms with Gasteiger partial charge in [-0.3, -0.25) is 4.98 Å². The third-order valence-electron chi connectivity index (χ3n) is 4.19. The second kappa shape index (κ2) is 6.16. The highest BCUT2D eigenvalue weighted by Crippen LogP contribution is 2.20. The fourth-order valence-electron chi connectivity index (χ4n) is 3.06. The van der Waals surface area contributed by atoms with Crippen LogP contribution < -0.4 is 5.32 Å². The molecule has 2 nitrogen and oxygen atoms in total. The molecule has 0 unspecified atom stereocenters. The van der Waals surface area contributed by atoms with Crippen LogP contribution in [0.1, 0.15) is 44.1 Å². The van der Waals surface area contributed by atoms with Gasteiger partial charge in [-0.2, -0.15) is 0 Å². The third kappa shape index (κ3) is 3.13. The predicted octanol–water partition coefficient (Wildman–Crippen LogP) is 4.05. The van der Waals surface area contributed by atoms with Gasteiger partial charge in [0.2, 0.25) is 0 Å². The predicted molar refractivity (Wildman–Crippen MR) is 80.1 cm³/mol. The third-order valence-corrected chi connectivity index (χ3v) is 4.19. The van der Waals surface area contributed by atoms with Crippen LogP contribution in [-0.4, -0.2) is 11.0 Å². The van der Waals surface area contributed by atoms with Crippen molar-refractivity contribution in [1.82, 2.24) is 10.3 Å². The van der Waals surface area contributed by atoms with Gasteiger partial charge in [0.25, 0.3) is 0 Å². The van der Waals surface area contributed by atoms with Gasteiger partial charge >= 0.3 is 0 Å². The highest BCUT2D eigenvalue weighted by molar-refractivity contribution is 5.84. The lowest BCUT2D eigenvalue weighted by Crippen LogP contribution is -2.27. The molecule has 0 bridgehead atoms. The topological polar surface area (TPSA) is 24.9 Å². The number of aromatic nitrogens is 1. The molecule has 3 rings (SSSR count). The van der Waals surface area contributed by atoms with Crippen LogP contribution in [0.5, 0.6) is 0 Å². The van der Waals surface area contributed by atoms with Gasteiger partial charge in [0, 0.05) is 30.4 Å². The van der Waals surface area contributed by atoms with E-state index in [1.54, 1.807) is 0 Å². The Balaban J connectivity index is 1.71. The Morgan fingerprint density at radius 3 is 2.63 bits per heavy atom. The number of nitrogens with zero attached hydrogens (tertiary/aromatic N) is 1. The summed E-state index contributed by atoms with van der Waals surface area (Å²) in [6.45, 7) is 0.943. The van der Waals surface area contributed by atoms with E-state index in [2.05, 4.69) is 34.6 Å². The monoisotopic (exact) mass is 254 g/mol. The molecule has 100 valence electrons. The van der Waals surface area contributed by atoms with Crippen LogP contribution in [0.25, 0.3) is 10.8 Å². The fraction of sp³-hybridized carbons (Fsp3) is 0.471. The first-order valence-corrected chi connectivity index (χ1v) is 7.48. The first-order valence-electron chi connectivity index (χ1n) is 7.48. The van der Waals surface area contributed by atoms with Crippen LogP contribution in [-0.2, 0) is 6.54 Å². The smallest absolute Gasteiger partial charge is 0.0346 e. The lowest BCUT2D eigenvalue weighted by molar-refractivity contribution is 0.459. The molecule has 19 heavy (non-hydrogen) atoms. The van der Waals surface area contributed by atoms with Crippen molar-refractivity contribution in [2.45, 2.75) is 51.1 Å². The summed E-state index contributed by atoms with van der Waals surface area (Å²) < 4.78 is 0. The number of rotatable bonds is 3. The highest BCUT2D eigenvalue weighted by Gasteiger charge is 2.11. The van der Waals surface area contributed by atoms with E-state index in [0.29, 0.717) is 6.04 Å². The van der Waals surface area contributed by atoms with Crippen LogP contribution >= 0.6 is 0 Å². The minimum Gasteiger partial charge on any atom is -0.310 e. The number of pyridine rings is 1. The number of benzene rings is 1. The normalized spacial score (nSPS) is 17.5. The molecule has 1 N–H and O–H groups in total. The molecule has 0 amide bonds. The maximum Gasteiger partial charge on any atom is 0.0346 e. The first-order chi connectivity index (χ1) is 9.43. The molecule has 1 aliphatic carbocycles. The van der Waals surface area contributed by atoms with E-state index in [9.17, 15) is 0 Å². The van der Waals surface area contributed by atoms with Gasteiger partial charge in [0.05, 0.1) is 0 Å². The summed E-state index contributed by atoms with van der Waals surface area (Å²) in [6, 6.07) is 9.21. The zero-order chi connectivity index (χ0) is 12.9. The zero-order valence-corrected chi connectivity index (χ0v) is 11.4. The second-order valence-electron chi connectivity index (χ2n) is 5.59. The maximum atomic E-state index is 4.36. The molecule has 0 aliphatic heterocycles. The van der Waals surface area contributed by atoms with Crippen LogP contribution in [0.3, 0.4) is 0 Å².